The number of hydrogen-bond donors (Lipinski definition) is 2. The highest BCUT2D eigenvalue weighted by molar-refractivity contribution is 5.76. The zero-order valence-corrected chi connectivity index (χ0v) is 8.53. The second kappa shape index (κ2) is 6.37. The summed E-state index contributed by atoms with van der Waals surface area (Å²) < 4.78 is 4.69. The topological polar surface area (TPSA) is 89.6 Å². The van der Waals surface area contributed by atoms with Crippen molar-refractivity contribution in [2.75, 3.05) is 6.61 Å². The largest absolute Gasteiger partial charge is 0.481 e. The van der Waals surface area contributed by atoms with Crippen molar-refractivity contribution in [2.45, 2.75) is 32.7 Å². The van der Waals surface area contributed by atoms with E-state index in [9.17, 15) is 9.59 Å². The van der Waals surface area contributed by atoms with E-state index in [-0.39, 0.29) is 18.9 Å². The first-order valence-corrected chi connectivity index (χ1v) is 4.63. The second-order valence-electron chi connectivity index (χ2n) is 3.22. The molecule has 0 aromatic rings. The van der Waals surface area contributed by atoms with E-state index in [2.05, 4.69) is 0 Å². The predicted octanol–water partition coefficient (Wildman–Crippen LogP) is 0.378. The van der Waals surface area contributed by atoms with E-state index in [0.29, 0.717) is 0 Å². The average Bonchev–Trinajstić information content (AvgIpc) is 2.14. The number of rotatable bonds is 6. The van der Waals surface area contributed by atoms with Crippen LogP contribution in [0, 0.1) is 5.92 Å². The number of carboxylic acids is 1. The van der Waals surface area contributed by atoms with Crippen LogP contribution in [0.25, 0.3) is 0 Å². The van der Waals surface area contributed by atoms with Crippen LogP contribution in [0.3, 0.4) is 0 Å². The van der Waals surface area contributed by atoms with Gasteiger partial charge in [0, 0.05) is 0 Å². The van der Waals surface area contributed by atoms with Crippen LogP contribution >= 0.6 is 0 Å². The maximum atomic E-state index is 11.2. The normalized spacial score (nSPS) is 14.5. The van der Waals surface area contributed by atoms with Crippen molar-refractivity contribution < 1.29 is 19.4 Å². The minimum absolute atomic E-state index is 0.0485. The molecule has 0 saturated heterocycles. The lowest BCUT2D eigenvalue weighted by molar-refractivity contribution is -0.148. The molecule has 0 radical (unpaired) electrons. The summed E-state index contributed by atoms with van der Waals surface area (Å²) in [5, 5.41) is 8.30. The van der Waals surface area contributed by atoms with Gasteiger partial charge in [-0.1, -0.05) is 20.3 Å². The molecule has 0 aliphatic rings. The second-order valence-corrected chi connectivity index (χ2v) is 3.22. The molecule has 0 aromatic carbocycles. The molecule has 0 fully saturated rings. The van der Waals surface area contributed by atoms with Gasteiger partial charge in [0.1, 0.15) is 12.6 Å². The molecule has 5 heteroatoms. The first-order valence-electron chi connectivity index (χ1n) is 4.63. The van der Waals surface area contributed by atoms with Crippen molar-refractivity contribution in [3.8, 4) is 0 Å². The molecule has 14 heavy (non-hydrogen) atoms. The van der Waals surface area contributed by atoms with E-state index in [1.54, 1.807) is 0 Å². The van der Waals surface area contributed by atoms with Crippen molar-refractivity contribution in [1.29, 1.82) is 0 Å². The van der Waals surface area contributed by atoms with E-state index in [0.717, 1.165) is 6.42 Å². The van der Waals surface area contributed by atoms with Gasteiger partial charge in [0.15, 0.2) is 0 Å². The van der Waals surface area contributed by atoms with Crippen LogP contribution in [0.5, 0.6) is 0 Å². The summed E-state index contributed by atoms with van der Waals surface area (Å²) in [6.07, 6.45) is 0.605. The van der Waals surface area contributed by atoms with Crippen LogP contribution in [-0.2, 0) is 14.3 Å². The van der Waals surface area contributed by atoms with Gasteiger partial charge in [-0.25, -0.2) is 0 Å². The number of carbonyl (C=O) groups excluding carboxylic acids is 1. The van der Waals surface area contributed by atoms with Gasteiger partial charge in [0.05, 0.1) is 6.42 Å². The molecule has 5 nitrogen and oxygen atoms in total. The Kier molecular flexibility index (Phi) is 5.87. The van der Waals surface area contributed by atoms with Gasteiger partial charge >= 0.3 is 11.9 Å². The SMILES string of the molecule is CCC(C)C(N)C(=O)OCCC(=O)O. The van der Waals surface area contributed by atoms with Crippen LogP contribution in [0.1, 0.15) is 26.7 Å². The van der Waals surface area contributed by atoms with E-state index in [4.69, 9.17) is 15.6 Å². The van der Waals surface area contributed by atoms with Crippen LogP contribution in [-0.4, -0.2) is 29.7 Å². The highest BCUT2D eigenvalue weighted by atomic mass is 16.5. The lowest BCUT2D eigenvalue weighted by Crippen LogP contribution is -2.38. The fourth-order valence-corrected chi connectivity index (χ4v) is 0.821. The van der Waals surface area contributed by atoms with Crippen LogP contribution < -0.4 is 5.73 Å². The van der Waals surface area contributed by atoms with Gasteiger partial charge < -0.3 is 15.6 Å². The molecule has 0 bridgehead atoms. The number of nitrogens with two attached hydrogens (primary N) is 1. The van der Waals surface area contributed by atoms with Crippen LogP contribution in [0.15, 0.2) is 0 Å². The molecule has 0 aliphatic carbocycles. The smallest absolute Gasteiger partial charge is 0.323 e. The van der Waals surface area contributed by atoms with Crippen LogP contribution in [0.2, 0.25) is 0 Å². The maximum Gasteiger partial charge on any atom is 0.323 e. The molecular formula is C9H17NO4. The number of esters is 1. The molecule has 0 heterocycles. The quantitative estimate of drug-likeness (QED) is 0.609. The van der Waals surface area contributed by atoms with E-state index >= 15 is 0 Å². The summed E-state index contributed by atoms with van der Waals surface area (Å²) in [4.78, 5) is 21.3. The van der Waals surface area contributed by atoms with E-state index < -0.39 is 18.0 Å². The van der Waals surface area contributed by atoms with Crippen molar-refractivity contribution in [3.63, 3.8) is 0 Å². The Labute approximate surface area is 83.2 Å². The summed E-state index contributed by atoms with van der Waals surface area (Å²) in [6.45, 7) is 3.66. The fraction of sp³-hybridized carbons (Fsp3) is 0.778. The molecular weight excluding hydrogens is 186 g/mol. The molecule has 82 valence electrons. The lowest BCUT2D eigenvalue weighted by atomic mass is 10.0. The van der Waals surface area contributed by atoms with Crippen LogP contribution in [0.4, 0.5) is 0 Å². The summed E-state index contributed by atoms with van der Waals surface area (Å²) in [5.74, 6) is -1.47. The molecule has 0 amide bonds. The zero-order chi connectivity index (χ0) is 11.1. The third-order valence-electron chi connectivity index (χ3n) is 2.09. The molecule has 3 N–H and O–H groups in total. The van der Waals surface area contributed by atoms with Crippen molar-refractivity contribution in [3.05, 3.63) is 0 Å². The Balaban J connectivity index is 3.78. The first-order chi connectivity index (χ1) is 6.49. The van der Waals surface area contributed by atoms with Crippen molar-refractivity contribution in [2.24, 2.45) is 11.7 Å². The third-order valence-corrected chi connectivity index (χ3v) is 2.09. The summed E-state index contributed by atoms with van der Waals surface area (Å²) in [6, 6.07) is -0.659. The first kappa shape index (κ1) is 12.9. The Morgan fingerprint density at radius 2 is 2.07 bits per heavy atom. The van der Waals surface area contributed by atoms with Gasteiger partial charge in [0.25, 0.3) is 0 Å². The Morgan fingerprint density at radius 3 is 2.50 bits per heavy atom. The zero-order valence-electron chi connectivity index (χ0n) is 8.53. The number of hydrogen-bond acceptors (Lipinski definition) is 4. The number of aliphatic carboxylic acids is 1. The highest BCUT2D eigenvalue weighted by Gasteiger charge is 2.20. The van der Waals surface area contributed by atoms with Gasteiger partial charge in [0.2, 0.25) is 0 Å². The predicted molar refractivity (Wildman–Crippen MR) is 50.6 cm³/mol. The number of carbonyl (C=O) groups is 2. The lowest BCUT2D eigenvalue weighted by Gasteiger charge is -2.16. The summed E-state index contributed by atoms with van der Waals surface area (Å²) in [5.41, 5.74) is 5.57. The summed E-state index contributed by atoms with van der Waals surface area (Å²) >= 11 is 0. The fourth-order valence-electron chi connectivity index (χ4n) is 0.821. The monoisotopic (exact) mass is 203 g/mol. The van der Waals surface area contributed by atoms with E-state index in [1.165, 1.54) is 0 Å². The van der Waals surface area contributed by atoms with Gasteiger partial charge in [-0.3, -0.25) is 9.59 Å². The van der Waals surface area contributed by atoms with Crippen molar-refractivity contribution in [1.82, 2.24) is 0 Å². The van der Waals surface area contributed by atoms with E-state index in [1.807, 2.05) is 13.8 Å². The molecule has 0 aliphatic heterocycles. The molecule has 0 rings (SSSR count). The Morgan fingerprint density at radius 1 is 1.50 bits per heavy atom. The number of ether oxygens (including phenoxy) is 1. The highest BCUT2D eigenvalue weighted by Crippen LogP contribution is 2.06. The minimum Gasteiger partial charge on any atom is -0.481 e. The van der Waals surface area contributed by atoms with Crippen molar-refractivity contribution >= 4 is 11.9 Å². The Bertz CT molecular complexity index is 205. The minimum atomic E-state index is -0.991. The van der Waals surface area contributed by atoms with Gasteiger partial charge in [-0.2, -0.15) is 0 Å². The number of carboxylic acid groups (broad SMARTS) is 1. The maximum absolute atomic E-state index is 11.2. The molecule has 2 unspecified atom stereocenters. The molecule has 0 spiro atoms. The average molecular weight is 203 g/mol. The summed E-state index contributed by atoms with van der Waals surface area (Å²) in [7, 11) is 0. The molecule has 0 saturated carbocycles. The van der Waals surface area contributed by atoms with Gasteiger partial charge in [-0.05, 0) is 5.92 Å². The third kappa shape index (κ3) is 4.81. The standard InChI is InChI=1S/C9H17NO4/c1-3-6(2)8(10)9(13)14-5-4-7(11)12/h6,8H,3-5,10H2,1-2H3,(H,11,12). The Hall–Kier alpha value is -1.10. The molecule has 0 aromatic heterocycles. The molecule has 2 atom stereocenters. The van der Waals surface area contributed by atoms with Gasteiger partial charge in [-0.15, -0.1) is 0 Å².